The van der Waals surface area contributed by atoms with Crippen molar-refractivity contribution in [3.8, 4) is 0 Å². The summed E-state index contributed by atoms with van der Waals surface area (Å²) < 4.78 is 13.8. The average Bonchev–Trinajstić information content (AvgIpc) is 2.32. The molecule has 2 rings (SSSR count). The first-order valence-corrected chi connectivity index (χ1v) is 6.73. The van der Waals surface area contributed by atoms with Crippen molar-refractivity contribution < 1.29 is 9.18 Å². The predicted molar refractivity (Wildman–Crippen MR) is 72.1 cm³/mol. The Kier molecular flexibility index (Phi) is 4.02. The summed E-state index contributed by atoms with van der Waals surface area (Å²) in [6.45, 7) is 4.41. The Bertz CT molecular complexity index is 466. The largest absolute Gasteiger partial charge is 0.333 e. The number of carbonyl (C=O) groups is 1. The minimum atomic E-state index is -0.400. The molecule has 1 saturated heterocycles. The van der Waals surface area contributed by atoms with Crippen LogP contribution in [-0.4, -0.2) is 48.4 Å². The van der Waals surface area contributed by atoms with Crippen LogP contribution in [0.5, 0.6) is 0 Å². The average molecular weight is 315 g/mol. The van der Waals surface area contributed by atoms with Crippen molar-refractivity contribution in [2.24, 2.45) is 0 Å². The van der Waals surface area contributed by atoms with Crippen LogP contribution in [-0.2, 0) is 0 Å². The number of halogens is 2. The molecule has 0 aliphatic carbocycles. The Morgan fingerprint density at radius 1 is 1.44 bits per heavy atom. The molecule has 0 N–H and O–H groups in total. The van der Waals surface area contributed by atoms with E-state index in [2.05, 4.69) is 20.8 Å². The molecule has 1 aromatic carbocycles. The van der Waals surface area contributed by atoms with Gasteiger partial charge < -0.3 is 9.80 Å². The van der Waals surface area contributed by atoms with Gasteiger partial charge in [0.2, 0.25) is 0 Å². The van der Waals surface area contributed by atoms with Crippen molar-refractivity contribution in [3.63, 3.8) is 0 Å². The van der Waals surface area contributed by atoms with E-state index in [1.54, 1.807) is 12.1 Å². The molecule has 0 bridgehead atoms. The zero-order valence-corrected chi connectivity index (χ0v) is 12.1. The molecule has 3 nitrogen and oxygen atoms in total. The maximum absolute atomic E-state index is 13.4. The van der Waals surface area contributed by atoms with Gasteiger partial charge in [0.25, 0.3) is 5.91 Å². The van der Waals surface area contributed by atoms with Crippen LogP contribution in [0.3, 0.4) is 0 Å². The third-order valence-corrected chi connectivity index (χ3v) is 3.90. The molecule has 0 aromatic heterocycles. The number of hydrogen-bond donors (Lipinski definition) is 0. The molecule has 1 aliphatic rings. The van der Waals surface area contributed by atoms with Crippen LogP contribution in [0, 0.1) is 5.82 Å². The molecule has 18 heavy (non-hydrogen) atoms. The molecule has 1 fully saturated rings. The minimum absolute atomic E-state index is 0.0954. The molecule has 1 unspecified atom stereocenters. The topological polar surface area (TPSA) is 23.6 Å². The Balaban J connectivity index is 2.18. The molecule has 98 valence electrons. The number of piperazine rings is 1. The fraction of sp³-hybridized carbons (Fsp3) is 0.462. The van der Waals surface area contributed by atoms with Crippen LogP contribution in [0.15, 0.2) is 22.7 Å². The van der Waals surface area contributed by atoms with E-state index in [-0.39, 0.29) is 11.9 Å². The summed E-state index contributed by atoms with van der Waals surface area (Å²) in [4.78, 5) is 16.3. The van der Waals surface area contributed by atoms with Gasteiger partial charge in [0.05, 0.1) is 4.47 Å². The summed E-state index contributed by atoms with van der Waals surface area (Å²) in [7, 11) is 2.04. The molecular weight excluding hydrogens is 299 g/mol. The first kappa shape index (κ1) is 13.5. The second-order valence-electron chi connectivity index (χ2n) is 4.74. The Labute approximate surface area is 115 Å². The Hall–Kier alpha value is -0.940. The maximum atomic E-state index is 13.4. The number of carbonyl (C=O) groups excluding carboxylic acids is 1. The van der Waals surface area contributed by atoms with E-state index in [9.17, 15) is 9.18 Å². The summed E-state index contributed by atoms with van der Waals surface area (Å²) in [5.41, 5.74) is 0.409. The number of likely N-dealkylation sites (N-methyl/N-ethyl adjacent to an activating group) is 1. The van der Waals surface area contributed by atoms with Crippen LogP contribution >= 0.6 is 15.9 Å². The SMILES string of the molecule is CC1CN(C)CCN1C(=O)c1ccc(Br)c(F)c1. The fourth-order valence-corrected chi connectivity index (χ4v) is 2.48. The van der Waals surface area contributed by atoms with E-state index in [1.165, 1.54) is 6.07 Å². The van der Waals surface area contributed by atoms with Crippen LogP contribution in [0.2, 0.25) is 0 Å². The molecule has 1 heterocycles. The van der Waals surface area contributed by atoms with E-state index in [0.29, 0.717) is 16.6 Å². The number of amides is 1. The molecular formula is C13H16BrFN2O. The van der Waals surface area contributed by atoms with Gasteiger partial charge in [-0.1, -0.05) is 0 Å². The third-order valence-electron chi connectivity index (χ3n) is 3.26. The van der Waals surface area contributed by atoms with Gasteiger partial charge in [-0.05, 0) is 48.1 Å². The van der Waals surface area contributed by atoms with E-state index in [1.807, 2.05) is 18.9 Å². The van der Waals surface area contributed by atoms with E-state index < -0.39 is 5.82 Å². The summed E-state index contributed by atoms with van der Waals surface area (Å²) in [5.74, 6) is -0.496. The standard InChI is InChI=1S/C13H16BrFN2O/c1-9-8-16(2)5-6-17(9)13(18)10-3-4-11(14)12(15)7-10/h3-4,7,9H,5-6,8H2,1-2H3. The summed E-state index contributed by atoms with van der Waals surface area (Å²) in [6.07, 6.45) is 0. The van der Waals surface area contributed by atoms with Gasteiger partial charge in [-0.2, -0.15) is 0 Å². The molecule has 1 amide bonds. The smallest absolute Gasteiger partial charge is 0.254 e. The molecule has 1 aliphatic heterocycles. The van der Waals surface area contributed by atoms with Gasteiger partial charge in [-0.15, -0.1) is 0 Å². The summed E-state index contributed by atoms with van der Waals surface area (Å²) in [5, 5.41) is 0. The predicted octanol–water partition coefficient (Wildman–Crippen LogP) is 2.36. The van der Waals surface area contributed by atoms with Crippen molar-refractivity contribution in [2.45, 2.75) is 13.0 Å². The second-order valence-corrected chi connectivity index (χ2v) is 5.59. The number of rotatable bonds is 1. The van der Waals surface area contributed by atoms with Crippen molar-refractivity contribution >= 4 is 21.8 Å². The normalized spacial score (nSPS) is 21.1. The highest BCUT2D eigenvalue weighted by Crippen LogP contribution is 2.19. The summed E-state index contributed by atoms with van der Waals surface area (Å²) >= 11 is 3.09. The van der Waals surface area contributed by atoms with Gasteiger partial charge in [0, 0.05) is 31.2 Å². The molecule has 1 aromatic rings. The Morgan fingerprint density at radius 2 is 2.17 bits per heavy atom. The first-order chi connectivity index (χ1) is 8.49. The zero-order chi connectivity index (χ0) is 13.3. The van der Waals surface area contributed by atoms with Crippen molar-refractivity contribution in [1.82, 2.24) is 9.80 Å². The third kappa shape index (κ3) is 2.72. The van der Waals surface area contributed by atoms with Gasteiger partial charge in [0.15, 0.2) is 0 Å². The molecule has 0 spiro atoms. The molecule has 0 saturated carbocycles. The highest BCUT2D eigenvalue weighted by Gasteiger charge is 2.26. The lowest BCUT2D eigenvalue weighted by molar-refractivity contribution is 0.0533. The van der Waals surface area contributed by atoms with E-state index in [0.717, 1.165) is 13.1 Å². The van der Waals surface area contributed by atoms with Crippen LogP contribution in [0.4, 0.5) is 4.39 Å². The van der Waals surface area contributed by atoms with Gasteiger partial charge >= 0.3 is 0 Å². The summed E-state index contributed by atoms with van der Waals surface area (Å²) in [6, 6.07) is 4.67. The highest BCUT2D eigenvalue weighted by atomic mass is 79.9. The lowest BCUT2D eigenvalue weighted by Crippen LogP contribution is -2.52. The zero-order valence-electron chi connectivity index (χ0n) is 10.5. The minimum Gasteiger partial charge on any atom is -0.333 e. The van der Waals surface area contributed by atoms with Crippen molar-refractivity contribution in [1.29, 1.82) is 0 Å². The van der Waals surface area contributed by atoms with Crippen LogP contribution < -0.4 is 0 Å². The lowest BCUT2D eigenvalue weighted by atomic mass is 10.1. The van der Waals surface area contributed by atoms with Crippen molar-refractivity contribution in [3.05, 3.63) is 34.1 Å². The first-order valence-electron chi connectivity index (χ1n) is 5.93. The number of nitrogens with zero attached hydrogens (tertiary/aromatic N) is 2. The quantitative estimate of drug-likeness (QED) is 0.794. The highest BCUT2D eigenvalue weighted by molar-refractivity contribution is 9.10. The lowest BCUT2D eigenvalue weighted by Gasteiger charge is -2.38. The van der Waals surface area contributed by atoms with Gasteiger partial charge in [-0.25, -0.2) is 4.39 Å². The number of benzene rings is 1. The van der Waals surface area contributed by atoms with Crippen LogP contribution in [0.1, 0.15) is 17.3 Å². The molecule has 1 atom stereocenters. The van der Waals surface area contributed by atoms with Crippen molar-refractivity contribution in [2.75, 3.05) is 26.7 Å². The van der Waals surface area contributed by atoms with E-state index >= 15 is 0 Å². The second kappa shape index (κ2) is 5.36. The molecule has 5 heteroatoms. The van der Waals surface area contributed by atoms with Gasteiger partial charge in [-0.3, -0.25) is 4.79 Å². The van der Waals surface area contributed by atoms with Crippen LogP contribution in [0.25, 0.3) is 0 Å². The van der Waals surface area contributed by atoms with Gasteiger partial charge in [0.1, 0.15) is 5.82 Å². The monoisotopic (exact) mass is 314 g/mol. The maximum Gasteiger partial charge on any atom is 0.254 e. The van der Waals surface area contributed by atoms with E-state index in [4.69, 9.17) is 0 Å². The fourth-order valence-electron chi connectivity index (χ4n) is 2.24. The molecule has 0 radical (unpaired) electrons. The Morgan fingerprint density at radius 3 is 2.78 bits per heavy atom. The number of hydrogen-bond acceptors (Lipinski definition) is 2.